The number of hydrogen-bond acceptors (Lipinski definition) is 6. The van der Waals surface area contributed by atoms with Gasteiger partial charge >= 0.3 is 6.18 Å². The van der Waals surface area contributed by atoms with Crippen molar-refractivity contribution < 1.29 is 13.2 Å². The number of nitrogens with two attached hydrogens (primary N) is 1. The molecule has 0 saturated heterocycles. The second kappa shape index (κ2) is 5.00. The van der Waals surface area contributed by atoms with Crippen LogP contribution in [0.5, 0.6) is 0 Å². The summed E-state index contributed by atoms with van der Waals surface area (Å²) in [6.45, 7) is 1.80. The van der Waals surface area contributed by atoms with Crippen molar-refractivity contribution in [1.29, 1.82) is 0 Å². The van der Waals surface area contributed by atoms with Crippen LogP contribution in [0.4, 0.5) is 19.1 Å². The van der Waals surface area contributed by atoms with E-state index in [9.17, 15) is 13.2 Å². The van der Waals surface area contributed by atoms with Crippen molar-refractivity contribution in [3.63, 3.8) is 0 Å². The Hall–Kier alpha value is -1.90. The second-order valence-corrected chi connectivity index (χ2v) is 4.58. The molecule has 0 bridgehead atoms. The molecule has 9 heteroatoms. The van der Waals surface area contributed by atoms with Crippen LogP contribution in [0.15, 0.2) is 28.6 Å². The standard InChI is InChI=1S/C10H8F3N5S/c1-5-3-15-9(16-4-5)19-7-2-6(10(11,12)13)17-8(14)18-7/h2-4H,1H3,(H2,14,17,18). The summed E-state index contributed by atoms with van der Waals surface area (Å²) in [4.78, 5) is 14.8. The van der Waals surface area contributed by atoms with Gasteiger partial charge < -0.3 is 5.73 Å². The fourth-order valence-electron chi connectivity index (χ4n) is 1.17. The number of nitrogen functional groups attached to an aromatic ring is 1. The highest BCUT2D eigenvalue weighted by molar-refractivity contribution is 7.99. The first-order valence-corrected chi connectivity index (χ1v) is 5.84. The first-order chi connectivity index (χ1) is 8.84. The SMILES string of the molecule is Cc1cnc(Sc2cc(C(F)(F)F)nc(N)n2)nc1. The fraction of sp³-hybridized carbons (Fsp3) is 0.200. The van der Waals surface area contributed by atoms with E-state index in [1.807, 2.05) is 0 Å². The van der Waals surface area contributed by atoms with E-state index in [0.717, 1.165) is 23.4 Å². The normalized spacial score (nSPS) is 11.6. The van der Waals surface area contributed by atoms with Gasteiger partial charge in [0.2, 0.25) is 5.95 Å². The van der Waals surface area contributed by atoms with Gasteiger partial charge in [-0.25, -0.2) is 19.9 Å². The third-order valence-corrected chi connectivity index (χ3v) is 2.78. The highest BCUT2D eigenvalue weighted by Gasteiger charge is 2.33. The minimum absolute atomic E-state index is 0.0451. The van der Waals surface area contributed by atoms with Gasteiger partial charge in [0, 0.05) is 18.5 Å². The predicted molar refractivity (Wildman–Crippen MR) is 62.3 cm³/mol. The van der Waals surface area contributed by atoms with Crippen molar-refractivity contribution in [1.82, 2.24) is 19.9 Å². The number of halogens is 3. The largest absolute Gasteiger partial charge is 0.433 e. The quantitative estimate of drug-likeness (QED) is 0.674. The lowest BCUT2D eigenvalue weighted by atomic mass is 10.4. The average molecular weight is 287 g/mol. The predicted octanol–water partition coefficient (Wildman–Crippen LogP) is 2.33. The molecule has 2 N–H and O–H groups in total. The molecule has 0 fully saturated rings. The van der Waals surface area contributed by atoms with E-state index in [2.05, 4.69) is 19.9 Å². The van der Waals surface area contributed by atoms with Crippen molar-refractivity contribution >= 4 is 17.7 Å². The summed E-state index contributed by atoms with van der Waals surface area (Å²) >= 11 is 0.887. The van der Waals surface area contributed by atoms with Crippen LogP contribution >= 0.6 is 11.8 Å². The summed E-state index contributed by atoms with van der Waals surface area (Å²) < 4.78 is 37.7. The van der Waals surface area contributed by atoms with E-state index in [1.165, 1.54) is 0 Å². The molecule has 0 unspecified atom stereocenters. The van der Waals surface area contributed by atoms with Gasteiger partial charge in [0.25, 0.3) is 0 Å². The van der Waals surface area contributed by atoms with Crippen LogP contribution in [0.2, 0.25) is 0 Å². The molecule has 0 radical (unpaired) electrons. The van der Waals surface area contributed by atoms with Crippen molar-refractivity contribution in [2.45, 2.75) is 23.3 Å². The Kier molecular flexibility index (Phi) is 3.56. The van der Waals surface area contributed by atoms with Crippen molar-refractivity contribution in [3.8, 4) is 0 Å². The lowest BCUT2D eigenvalue weighted by Crippen LogP contribution is -2.11. The van der Waals surface area contributed by atoms with Crippen LogP contribution in [0, 0.1) is 6.92 Å². The molecule has 0 saturated carbocycles. The van der Waals surface area contributed by atoms with Crippen LogP contribution < -0.4 is 5.73 Å². The van der Waals surface area contributed by atoms with Crippen LogP contribution in [-0.2, 0) is 6.18 Å². The summed E-state index contributed by atoms with van der Waals surface area (Å²) in [5, 5.41) is 0.334. The maximum Gasteiger partial charge on any atom is 0.433 e. The van der Waals surface area contributed by atoms with Crippen molar-refractivity contribution in [3.05, 3.63) is 29.7 Å². The molecule has 0 amide bonds. The Morgan fingerprint density at radius 3 is 2.37 bits per heavy atom. The molecule has 0 aliphatic carbocycles. The van der Waals surface area contributed by atoms with Gasteiger partial charge in [-0.3, -0.25) is 0 Å². The molecule has 0 aliphatic rings. The maximum atomic E-state index is 12.6. The minimum Gasteiger partial charge on any atom is -0.368 e. The lowest BCUT2D eigenvalue weighted by molar-refractivity contribution is -0.141. The van der Waals surface area contributed by atoms with Gasteiger partial charge in [-0.2, -0.15) is 13.2 Å². The molecule has 19 heavy (non-hydrogen) atoms. The molecule has 0 aromatic carbocycles. The Morgan fingerprint density at radius 2 is 1.79 bits per heavy atom. The monoisotopic (exact) mass is 287 g/mol. The molecular formula is C10H8F3N5S. The summed E-state index contributed by atoms with van der Waals surface area (Å²) in [5.74, 6) is -0.440. The number of rotatable bonds is 2. The zero-order valence-corrected chi connectivity index (χ0v) is 10.5. The first kappa shape index (κ1) is 13.5. The number of aromatic nitrogens is 4. The summed E-state index contributed by atoms with van der Waals surface area (Å²) in [6, 6.07) is 0.810. The molecule has 2 rings (SSSR count). The lowest BCUT2D eigenvalue weighted by Gasteiger charge is -2.07. The summed E-state index contributed by atoms with van der Waals surface area (Å²) in [5.41, 5.74) is 5.02. The number of anilines is 1. The van der Waals surface area contributed by atoms with E-state index in [0.29, 0.717) is 0 Å². The minimum atomic E-state index is -4.57. The summed E-state index contributed by atoms with van der Waals surface area (Å²) in [7, 11) is 0. The Labute approximate surface area is 110 Å². The second-order valence-electron chi connectivity index (χ2n) is 3.59. The molecule has 2 heterocycles. The van der Waals surface area contributed by atoms with E-state index < -0.39 is 17.8 Å². The van der Waals surface area contributed by atoms with Gasteiger partial charge in [-0.05, 0) is 24.2 Å². The van der Waals surface area contributed by atoms with E-state index in [-0.39, 0.29) is 10.2 Å². The number of alkyl halides is 3. The topological polar surface area (TPSA) is 77.6 Å². The zero-order chi connectivity index (χ0) is 14.0. The third kappa shape index (κ3) is 3.53. The van der Waals surface area contributed by atoms with Crippen molar-refractivity contribution in [2.75, 3.05) is 5.73 Å². The average Bonchev–Trinajstić information content (AvgIpc) is 2.30. The Bertz CT molecular complexity index is 585. The van der Waals surface area contributed by atoms with Crippen LogP contribution in [0.1, 0.15) is 11.3 Å². The van der Waals surface area contributed by atoms with Gasteiger partial charge in [0.1, 0.15) is 5.03 Å². The highest BCUT2D eigenvalue weighted by atomic mass is 32.2. The van der Waals surface area contributed by atoms with Gasteiger partial charge in [0.15, 0.2) is 10.9 Å². The molecule has 2 aromatic rings. The Balaban J connectivity index is 2.30. The first-order valence-electron chi connectivity index (χ1n) is 5.03. The molecule has 2 aromatic heterocycles. The summed E-state index contributed by atoms with van der Waals surface area (Å²) in [6.07, 6.45) is -1.45. The molecule has 100 valence electrons. The van der Waals surface area contributed by atoms with Crippen LogP contribution in [-0.4, -0.2) is 19.9 Å². The van der Waals surface area contributed by atoms with E-state index in [1.54, 1.807) is 19.3 Å². The van der Waals surface area contributed by atoms with Crippen molar-refractivity contribution in [2.24, 2.45) is 0 Å². The third-order valence-electron chi connectivity index (χ3n) is 1.96. The molecule has 0 atom stereocenters. The van der Waals surface area contributed by atoms with Gasteiger partial charge in [-0.1, -0.05) is 0 Å². The molecule has 0 aliphatic heterocycles. The van der Waals surface area contributed by atoms with Crippen LogP contribution in [0.3, 0.4) is 0 Å². The number of nitrogens with zero attached hydrogens (tertiary/aromatic N) is 4. The number of hydrogen-bond donors (Lipinski definition) is 1. The van der Waals surface area contributed by atoms with Gasteiger partial charge in [-0.15, -0.1) is 0 Å². The van der Waals surface area contributed by atoms with Gasteiger partial charge in [0.05, 0.1) is 0 Å². The molecule has 5 nitrogen and oxygen atoms in total. The maximum absolute atomic E-state index is 12.6. The molecule has 0 spiro atoms. The number of aryl methyl sites for hydroxylation is 1. The van der Waals surface area contributed by atoms with Crippen LogP contribution in [0.25, 0.3) is 0 Å². The molecular weight excluding hydrogens is 279 g/mol. The van der Waals surface area contributed by atoms with E-state index >= 15 is 0 Å². The smallest absolute Gasteiger partial charge is 0.368 e. The Morgan fingerprint density at radius 1 is 1.16 bits per heavy atom. The highest BCUT2D eigenvalue weighted by Crippen LogP contribution is 2.31. The fourth-order valence-corrected chi connectivity index (χ4v) is 1.87. The van der Waals surface area contributed by atoms with E-state index in [4.69, 9.17) is 5.73 Å². The zero-order valence-electron chi connectivity index (χ0n) is 9.64.